The lowest BCUT2D eigenvalue weighted by molar-refractivity contribution is -0.114. The first kappa shape index (κ1) is 34.2. The fourth-order valence-corrected chi connectivity index (χ4v) is 4.23. The number of carbonyl (C=O) groups excluding carboxylic acids is 2. The third kappa shape index (κ3) is 11.4. The van der Waals surface area contributed by atoms with Crippen LogP contribution in [0.1, 0.15) is 71.3 Å². The maximum absolute atomic E-state index is 12.0. The van der Waals surface area contributed by atoms with Crippen LogP contribution in [-0.4, -0.2) is 41.6 Å². The molecule has 4 N–H and O–H groups in total. The average Bonchev–Trinajstić information content (AvgIpc) is 2.94. The Kier molecular flexibility index (Phi) is 12.4. The molecule has 3 aromatic rings. The number of hydrogen-bond acceptors (Lipinski definition) is 8. The van der Waals surface area contributed by atoms with E-state index in [9.17, 15) is 14.7 Å². The van der Waals surface area contributed by atoms with Gasteiger partial charge in [0, 0.05) is 30.3 Å². The molecule has 0 spiro atoms. The predicted octanol–water partition coefficient (Wildman–Crippen LogP) is 6.08. The van der Waals surface area contributed by atoms with E-state index >= 15 is 0 Å². The maximum Gasteiger partial charge on any atom is 0.407 e. The lowest BCUT2D eigenvalue weighted by Gasteiger charge is -2.27. The smallest absolute Gasteiger partial charge is 0.407 e. The van der Waals surface area contributed by atoms with Crippen molar-refractivity contribution in [1.29, 1.82) is 0 Å². The summed E-state index contributed by atoms with van der Waals surface area (Å²) >= 11 is 0. The first-order valence-corrected chi connectivity index (χ1v) is 14.7. The van der Waals surface area contributed by atoms with Gasteiger partial charge in [-0.2, -0.15) is 0 Å². The van der Waals surface area contributed by atoms with E-state index in [1.807, 2.05) is 77.9 Å². The normalized spacial score (nSPS) is 12.7. The first-order valence-electron chi connectivity index (χ1n) is 14.7. The summed E-state index contributed by atoms with van der Waals surface area (Å²) in [6.45, 7) is 13.7. The molecule has 3 aromatic carbocycles. The van der Waals surface area contributed by atoms with Crippen LogP contribution in [0.25, 0.3) is 0 Å². The second-order valence-electron chi connectivity index (χ2n) is 11.6. The molecule has 0 aliphatic carbocycles. The number of nitrogens with one attached hydrogen (secondary N) is 3. The molecule has 3 rings (SSSR count). The van der Waals surface area contributed by atoms with Gasteiger partial charge in [0.25, 0.3) is 0 Å². The zero-order valence-electron chi connectivity index (χ0n) is 26.6. The van der Waals surface area contributed by atoms with Gasteiger partial charge in [0.1, 0.15) is 18.6 Å². The summed E-state index contributed by atoms with van der Waals surface area (Å²) in [7, 11) is 0. The standard InChI is InChI=1S/C34H45N3O7/c1-8-41-30-19-26(14-17-29(30)43-22(2)3)31(32(39)35-20-25-10-9-11-27(18-25)36-23(4)38)44-28-15-12-24(13-16-28)21-42-33(40)37-34(5,6)7/h9-19,22,31-32,35,39H,8,20-21H2,1-7H3,(H,36,38)(H,37,40). The molecule has 2 unspecified atom stereocenters. The molecule has 0 fully saturated rings. The molecule has 10 nitrogen and oxygen atoms in total. The maximum atomic E-state index is 12.0. The summed E-state index contributed by atoms with van der Waals surface area (Å²) in [5.41, 5.74) is 2.59. The van der Waals surface area contributed by atoms with Crippen LogP contribution in [0.15, 0.2) is 66.7 Å². The van der Waals surface area contributed by atoms with Crippen molar-refractivity contribution in [3.05, 3.63) is 83.4 Å². The molecule has 2 atom stereocenters. The monoisotopic (exact) mass is 607 g/mol. The third-order valence-corrected chi connectivity index (χ3v) is 6.04. The number of ether oxygens (including phenoxy) is 4. The van der Waals surface area contributed by atoms with E-state index in [2.05, 4.69) is 16.0 Å². The fourth-order valence-electron chi connectivity index (χ4n) is 4.23. The lowest BCUT2D eigenvalue weighted by atomic mass is 10.1. The van der Waals surface area contributed by atoms with Gasteiger partial charge in [-0.3, -0.25) is 10.1 Å². The van der Waals surface area contributed by atoms with Crippen molar-refractivity contribution >= 4 is 17.7 Å². The Bertz CT molecular complexity index is 1370. The zero-order valence-corrected chi connectivity index (χ0v) is 26.6. The van der Waals surface area contributed by atoms with Gasteiger partial charge in [0.15, 0.2) is 17.6 Å². The summed E-state index contributed by atoms with van der Waals surface area (Å²) in [5, 5.41) is 20.1. The predicted molar refractivity (Wildman–Crippen MR) is 170 cm³/mol. The highest BCUT2D eigenvalue weighted by atomic mass is 16.5. The number of benzene rings is 3. The number of anilines is 1. The Balaban J connectivity index is 1.81. The third-order valence-electron chi connectivity index (χ3n) is 6.04. The van der Waals surface area contributed by atoms with Gasteiger partial charge < -0.3 is 34.7 Å². The molecule has 0 aliphatic heterocycles. The summed E-state index contributed by atoms with van der Waals surface area (Å²) < 4.78 is 23.4. The number of rotatable bonds is 14. The fraction of sp³-hybridized carbons (Fsp3) is 0.412. The summed E-state index contributed by atoms with van der Waals surface area (Å²) in [6.07, 6.45) is -2.50. The minimum Gasteiger partial charge on any atom is -0.490 e. The van der Waals surface area contributed by atoms with Crippen LogP contribution in [0.4, 0.5) is 10.5 Å². The Morgan fingerprint density at radius 3 is 2.27 bits per heavy atom. The molecule has 10 heteroatoms. The van der Waals surface area contributed by atoms with Crippen molar-refractivity contribution < 1.29 is 33.6 Å². The Hall–Kier alpha value is -4.28. The highest BCUT2D eigenvalue weighted by molar-refractivity contribution is 5.88. The Morgan fingerprint density at radius 2 is 1.64 bits per heavy atom. The Labute approximate surface area is 260 Å². The SMILES string of the molecule is CCOc1cc(C(Oc2ccc(COC(=O)NC(C)(C)C)cc2)C(O)NCc2cccc(NC(C)=O)c2)ccc1OC(C)C. The summed E-state index contributed by atoms with van der Waals surface area (Å²) in [6, 6.07) is 20.0. The second-order valence-corrected chi connectivity index (χ2v) is 11.6. The average molecular weight is 608 g/mol. The van der Waals surface area contributed by atoms with Crippen LogP contribution in [0.5, 0.6) is 17.2 Å². The number of alkyl carbamates (subject to hydrolysis) is 1. The summed E-state index contributed by atoms with van der Waals surface area (Å²) in [5.74, 6) is 1.49. The van der Waals surface area contributed by atoms with Gasteiger partial charge in [0.05, 0.1) is 12.7 Å². The van der Waals surface area contributed by atoms with Crippen molar-refractivity contribution in [3.8, 4) is 17.2 Å². The van der Waals surface area contributed by atoms with Crippen molar-refractivity contribution in [1.82, 2.24) is 10.6 Å². The molecule has 0 heterocycles. The van der Waals surface area contributed by atoms with Crippen molar-refractivity contribution in [2.75, 3.05) is 11.9 Å². The van der Waals surface area contributed by atoms with Crippen LogP contribution >= 0.6 is 0 Å². The lowest BCUT2D eigenvalue weighted by Crippen LogP contribution is -2.40. The second kappa shape index (κ2) is 16.0. The van der Waals surface area contributed by atoms with Gasteiger partial charge in [-0.25, -0.2) is 4.79 Å². The number of aliphatic hydroxyl groups excluding tert-OH is 1. The van der Waals surface area contributed by atoms with E-state index in [1.165, 1.54) is 6.92 Å². The van der Waals surface area contributed by atoms with E-state index in [0.717, 1.165) is 11.1 Å². The van der Waals surface area contributed by atoms with Crippen LogP contribution in [0, 0.1) is 0 Å². The van der Waals surface area contributed by atoms with E-state index in [1.54, 1.807) is 30.3 Å². The molecule has 0 saturated heterocycles. The minimum atomic E-state index is -1.13. The van der Waals surface area contributed by atoms with Crippen LogP contribution < -0.4 is 30.2 Å². The van der Waals surface area contributed by atoms with E-state index in [0.29, 0.717) is 41.7 Å². The Morgan fingerprint density at radius 1 is 0.909 bits per heavy atom. The largest absolute Gasteiger partial charge is 0.490 e. The van der Waals surface area contributed by atoms with Crippen LogP contribution in [0.2, 0.25) is 0 Å². The van der Waals surface area contributed by atoms with Gasteiger partial charge in [-0.15, -0.1) is 0 Å². The minimum absolute atomic E-state index is 0.0466. The molecule has 44 heavy (non-hydrogen) atoms. The van der Waals surface area contributed by atoms with Crippen LogP contribution in [0.3, 0.4) is 0 Å². The number of carbonyl (C=O) groups is 2. The molecular weight excluding hydrogens is 562 g/mol. The van der Waals surface area contributed by atoms with Crippen molar-refractivity contribution in [2.45, 2.75) is 85.6 Å². The van der Waals surface area contributed by atoms with Gasteiger partial charge in [0.2, 0.25) is 5.91 Å². The number of hydrogen-bond donors (Lipinski definition) is 4. The van der Waals surface area contributed by atoms with E-state index in [4.69, 9.17) is 18.9 Å². The molecule has 2 amide bonds. The molecule has 0 bridgehead atoms. The molecule has 0 aliphatic rings. The number of amides is 2. The van der Waals surface area contributed by atoms with Gasteiger partial charge >= 0.3 is 6.09 Å². The van der Waals surface area contributed by atoms with E-state index < -0.39 is 24.0 Å². The van der Waals surface area contributed by atoms with Crippen molar-refractivity contribution in [3.63, 3.8) is 0 Å². The quantitative estimate of drug-likeness (QED) is 0.162. The molecule has 0 saturated carbocycles. The molecular formula is C34H45N3O7. The topological polar surface area (TPSA) is 127 Å². The highest BCUT2D eigenvalue weighted by Crippen LogP contribution is 2.34. The van der Waals surface area contributed by atoms with Gasteiger partial charge in [-0.05, 0) is 89.1 Å². The highest BCUT2D eigenvalue weighted by Gasteiger charge is 2.25. The number of aliphatic hydroxyl groups is 1. The molecule has 0 aromatic heterocycles. The first-order chi connectivity index (χ1) is 20.8. The zero-order chi connectivity index (χ0) is 32.3. The van der Waals surface area contributed by atoms with Gasteiger partial charge in [-0.1, -0.05) is 30.3 Å². The molecule has 238 valence electrons. The van der Waals surface area contributed by atoms with Crippen LogP contribution in [-0.2, 0) is 22.7 Å². The summed E-state index contributed by atoms with van der Waals surface area (Å²) in [4.78, 5) is 23.5. The van der Waals surface area contributed by atoms with E-state index in [-0.39, 0.29) is 18.6 Å². The molecule has 0 radical (unpaired) electrons. The van der Waals surface area contributed by atoms with Crippen molar-refractivity contribution in [2.24, 2.45) is 0 Å².